The summed E-state index contributed by atoms with van der Waals surface area (Å²) >= 11 is 0. The van der Waals surface area contributed by atoms with E-state index in [1.54, 1.807) is 20.8 Å². The van der Waals surface area contributed by atoms with Gasteiger partial charge in [-0.1, -0.05) is 30.3 Å². The van der Waals surface area contributed by atoms with Gasteiger partial charge in [-0.05, 0) is 45.6 Å². The van der Waals surface area contributed by atoms with Crippen LogP contribution in [0.2, 0.25) is 0 Å². The molecule has 3 saturated carbocycles. The van der Waals surface area contributed by atoms with Gasteiger partial charge in [0.05, 0.1) is 0 Å². The molecule has 1 aromatic rings. The van der Waals surface area contributed by atoms with Crippen LogP contribution in [-0.4, -0.2) is 59.4 Å². The standard InChI is InChI=1S/C22H30FN3O5/c1-20(2,3)31-19(29)25(4)16(21-12-22(23,13-21)14-21)17(27)26(5)24-18(28)30-11-15-9-7-6-8-10-15/h6-10,16H,11-14H2,1-5H3,(H,24,28). The van der Waals surface area contributed by atoms with Crippen LogP contribution in [0.15, 0.2) is 30.3 Å². The molecule has 1 atom stereocenters. The average Bonchev–Trinajstić information content (AvgIpc) is 2.63. The number of alkyl halides is 1. The van der Waals surface area contributed by atoms with Gasteiger partial charge in [0.25, 0.3) is 5.91 Å². The Morgan fingerprint density at radius 3 is 2.23 bits per heavy atom. The normalized spacial score (nSPS) is 24.7. The topological polar surface area (TPSA) is 88.2 Å². The number of carbonyl (C=O) groups excluding carboxylic acids is 3. The van der Waals surface area contributed by atoms with Crippen LogP contribution in [0.5, 0.6) is 0 Å². The molecule has 3 fully saturated rings. The van der Waals surface area contributed by atoms with E-state index in [0.717, 1.165) is 10.6 Å². The number of hydrazine groups is 1. The van der Waals surface area contributed by atoms with Gasteiger partial charge in [0.1, 0.15) is 23.9 Å². The van der Waals surface area contributed by atoms with Gasteiger partial charge in [0, 0.05) is 19.5 Å². The Balaban J connectivity index is 1.65. The minimum absolute atomic E-state index is 0.0459. The monoisotopic (exact) mass is 435 g/mol. The van der Waals surface area contributed by atoms with Crippen molar-refractivity contribution in [1.29, 1.82) is 0 Å². The third-order valence-corrected chi connectivity index (χ3v) is 5.69. The average molecular weight is 435 g/mol. The second-order valence-corrected chi connectivity index (χ2v) is 9.61. The van der Waals surface area contributed by atoms with Crippen molar-refractivity contribution < 1.29 is 28.2 Å². The van der Waals surface area contributed by atoms with E-state index in [9.17, 15) is 18.8 Å². The molecule has 2 bridgehead atoms. The molecule has 0 saturated heterocycles. The highest BCUT2D eigenvalue weighted by molar-refractivity contribution is 5.88. The quantitative estimate of drug-likeness (QED) is 0.716. The fraction of sp³-hybridized carbons (Fsp3) is 0.591. The Bertz CT molecular complexity index is 835. The molecule has 31 heavy (non-hydrogen) atoms. The second kappa shape index (κ2) is 8.01. The molecule has 3 amide bonds. The zero-order valence-corrected chi connectivity index (χ0v) is 18.6. The van der Waals surface area contributed by atoms with Crippen LogP contribution in [-0.2, 0) is 20.9 Å². The van der Waals surface area contributed by atoms with Crippen LogP contribution in [0.25, 0.3) is 0 Å². The van der Waals surface area contributed by atoms with Crippen LogP contribution in [0.1, 0.15) is 45.6 Å². The van der Waals surface area contributed by atoms with Gasteiger partial charge < -0.3 is 9.47 Å². The summed E-state index contributed by atoms with van der Waals surface area (Å²) in [6.07, 6.45) is -0.872. The molecule has 1 unspecified atom stereocenters. The Morgan fingerprint density at radius 2 is 1.71 bits per heavy atom. The first kappa shape index (κ1) is 22.8. The third-order valence-electron chi connectivity index (χ3n) is 5.69. The number of amides is 3. The summed E-state index contributed by atoms with van der Waals surface area (Å²) in [6, 6.07) is 8.16. The molecule has 0 aromatic heterocycles. The van der Waals surface area contributed by atoms with E-state index in [2.05, 4.69) is 5.43 Å². The molecule has 1 N–H and O–H groups in total. The Morgan fingerprint density at radius 1 is 1.13 bits per heavy atom. The summed E-state index contributed by atoms with van der Waals surface area (Å²) in [7, 11) is 2.84. The fourth-order valence-corrected chi connectivity index (χ4v) is 4.44. The van der Waals surface area contributed by atoms with Crippen molar-refractivity contribution in [2.75, 3.05) is 14.1 Å². The summed E-state index contributed by atoms with van der Waals surface area (Å²) in [4.78, 5) is 39.2. The molecule has 1 aromatic carbocycles. The number of nitrogens with zero attached hydrogens (tertiary/aromatic N) is 2. The number of ether oxygens (including phenoxy) is 2. The molecule has 3 aliphatic carbocycles. The maximum atomic E-state index is 14.2. The maximum absolute atomic E-state index is 14.2. The van der Waals surface area contributed by atoms with Crippen molar-refractivity contribution in [2.24, 2.45) is 5.41 Å². The van der Waals surface area contributed by atoms with E-state index >= 15 is 0 Å². The first-order chi connectivity index (χ1) is 14.3. The van der Waals surface area contributed by atoms with E-state index in [4.69, 9.17) is 9.47 Å². The number of carbonyl (C=O) groups is 3. The predicted molar refractivity (Wildman–Crippen MR) is 110 cm³/mol. The van der Waals surface area contributed by atoms with Crippen LogP contribution in [0.4, 0.5) is 14.0 Å². The second-order valence-electron chi connectivity index (χ2n) is 9.61. The zero-order valence-electron chi connectivity index (χ0n) is 18.6. The summed E-state index contributed by atoms with van der Waals surface area (Å²) in [5.41, 5.74) is 0.519. The lowest BCUT2D eigenvalue weighted by Gasteiger charge is -2.69. The molecule has 3 aliphatic rings. The van der Waals surface area contributed by atoms with Gasteiger partial charge in [0.2, 0.25) is 0 Å². The molecule has 4 rings (SSSR count). The Labute approximate surface area is 181 Å². The first-order valence-electron chi connectivity index (χ1n) is 10.2. The summed E-state index contributed by atoms with van der Waals surface area (Å²) in [5.74, 6) is -0.535. The van der Waals surface area contributed by atoms with Gasteiger partial charge in [-0.2, -0.15) is 0 Å². The molecule has 0 radical (unpaired) electrons. The van der Waals surface area contributed by atoms with Crippen LogP contribution >= 0.6 is 0 Å². The van der Waals surface area contributed by atoms with Crippen LogP contribution in [0, 0.1) is 5.41 Å². The summed E-state index contributed by atoms with van der Waals surface area (Å²) in [5, 5.41) is 0.990. The molecule has 9 heteroatoms. The van der Waals surface area contributed by atoms with Crippen LogP contribution in [0.3, 0.4) is 0 Å². The van der Waals surface area contributed by atoms with E-state index in [-0.39, 0.29) is 25.9 Å². The number of hydrogen-bond acceptors (Lipinski definition) is 5. The first-order valence-corrected chi connectivity index (χ1v) is 10.2. The van der Waals surface area contributed by atoms with Crippen molar-refractivity contribution in [2.45, 2.75) is 64.0 Å². The fourth-order valence-electron chi connectivity index (χ4n) is 4.44. The molecule has 170 valence electrons. The van der Waals surface area contributed by atoms with Crippen molar-refractivity contribution >= 4 is 18.1 Å². The molecular formula is C22H30FN3O5. The SMILES string of the molecule is CN(NC(=O)OCc1ccccc1)C(=O)C(N(C)C(=O)OC(C)(C)C)C12CC(F)(C1)C2. The minimum atomic E-state index is -1.26. The number of nitrogens with one attached hydrogen (secondary N) is 1. The lowest BCUT2D eigenvalue weighted by molar-refractivity contribution is -0.241. The van der Waals surface area contributed by atoms with Crippen molar-refractivity contribution in [1.82, 2.24) is 15.3 Å². The molecule has 8 nitrogen and oxygen atoms in total. The smallest absolute Gasteiger partial charge is 0.426 e. The third kappa shape index (κ3) is 4.91. The molecule has 0 heterocycles. The lowest BCUT2D eigenvalue weighted by atomic mass is 9.39. The molecular weight excluding hydrogens is 405 g/mol. The number of halogens is 1. The van der Waals surface area contributed by atoms with E-state index < -0.39 is 40.8 Å². The van der Waals surface area contributed by atoms with Crippen molar-refractivity contribution in [3.05, 3.63) is 35.9 Å². The van der Waals surface area contributed by atoms with Crippen molar-refractivity contribution in [3.8, 4) is 0 Å². The molecule has 0 aliphatic heterocycles. The van der Waals surface area contributed by atoms with E-state index in [0.29, 0.717) is 0 Å². The minimum Gasteiger partial charge on any atom is -0.444 e. The van der Waals surface area contributed by atoms with Gasteiger partial charge in [0.15, 0.2) is 0 Å². The van der Waals surface area contributed by atoms with Crippen molar-refractivity contribution in [3.63, 3.8) is 0 Å². The number of likely N-dealkylation sites (N-methyl/N-ethyl adjacent to an activating group) is 2. The van der Waals surface area contributed by atoms with Gasteiger partial charge in [-0.3, -0.25) is 14.7 Å². The highest BCUT2D eigenvalue weighted by Crippen LogP contribution is 2.71. The number of hydrogen-bond donors (Lipinski definition) is 1. The number of benzene rings is 1. The van der Waals surface area contributed by atoms with Gasteiger partial charge >= 0.3 is 12.2 Å². The van der Waals surface area contributed by atoms with E-state index in [1.165, 1.54) is 19.0 Å². The Kier molecular flexibility index (Phi) is 5.90. The zero-order chi connectivity index (χ0) is 23.0. The highest BCUT2D eigenvalue weighted by Gasteiger charge is 2.74. The highest BCUT2D eigenvalue weighted by atomic mass is 19.1. The maximum Gasteiger partial charge on any atom is 0.426 e. The van der Waals surface area contributed by atoms with Crippen LogP contribution < -0.4 is 5.43 Å². The Hall–Kier alpha value is -2.84. The number of rotatable bonds is 5. The van der Waals surface area contributed by atoms with Gasteiger partial charge in [-0.25, -0.2) is 19.4 Å². The molecule has 0 spiro atoms. The summed E-state index contributed by atoms with van der Waals surface area (Å²) in [6.45, 7) is 5.22. The van der Waals surface area contributed by atoms with E-state index in [1.807, 2.05) is 30.3 Å². The largest absolute Gasteiger partial charge is 0.444 e. The lowest BCUT2D eigenvalue weighted by Crippen LogP contribution is -2.75. The predicted octanol–water partition coefficient (Wildman–Crippen LogP) is 3.41. The van der Waals surface area contributed by atoms with Gasteiger partial charge in [-0.15, -0.1) is 0 Å². The summed E-state index contributed by atoms with van der Waals surface area (Å²) < 4.78 is 24.7.